The quantitative estimate of drug-likeness (QED) is 0.0777. The molecule has 312 valence electrons. The molecule has 0 saturated heterocycles. The Morgan fingerprint density at radius 3 is 1.74 bits per heavy atom. The number of hydrogen-bond donors (Lipinski definition) is 5. The summed E-state index contributed by atoms with van der Waals surface area (Å²) < 4.78 is 5.68. The van der Waals surface area contributed by atoms with E-state index >= 15 is 0 Å². The van der Waals surface area contributed by atoms with Gasteiger partial charge in [0.1, 0.15) is 17.4 Å². The van der Waals surface area contributed by atoms with Gasteiger partial charge in [0.2, 0.25) is 0 Å². The van der Waals surface area contributed by atoms with E-state index in [1.807, 2.05) is 54.9 Å². The average Bonchev–Trinajstić information content (AvgIpc) is 4.06. The summed E-state index contributed by atoms with van der Waals surface area (Å²) in [5, 5.41) is 0. The molecule has 5 heterocycles. The second-order valence-electron chi connectivity index (χ2n) is 16.1. The van der Waals surface area contributed by atoms with E-state index in [-0.39, 0.29) is 12.1 Å². The Kier molecular flexibility index (Phi) is 12.3. The van der Waals surface area contributed by atoms with Gasteiger partial charge in [-0.05, 0) is 103 Å². The average molecular weight is 815 g/mol. The first-order chi connectivity index (χ1) is 30.1. The molecule has 0 aliphatic heterocycles. The zero-order chi connectivity index (χ0) is 41.5. The first-order valence-corrected chi connectivity index (χ1v) is 21.4. The molecule has 0 radical (unpaired) electrons. The van der Waals surface area contributed by atoms with Gasteiger partial charge in [0.05, 0.1) is 70.9 Å². The molecule has 0 amide bonds. The van der Waals surface area contributed by atoms with Crippen LogP contribution in [0.2, 0.25) is 0 Å². The lowest BCUT2D eigenvalue weighted by Crippen LogP contribution is -2.32. The van der Waals surface area contributed by atoms with Crippen molar-refractivity contribution in [2.75, 3.05) is 0 Å². The summed E-state index contributed by atoms with van der Waals surface area (Å²) in [6.45, 7) is 4.18. The van der Waals surface area contributed by atoms with Gasteiger partial charge >= 0.3 is 0 Å². The fraction of sp³-hybridized carbons (Fsp3) is 0.312. The minimum Gasteiger partial charge on any atom is -0.447 e. The van der Waals surface area contributed by atoms with Crippen LogP contribution in [-0.4, -0.2) is 44.7 Å². The molecule has 61 heavy (non-hydrogen) atoms. The van der Waals surface area contributed by atoms with Crippen LogP contribution in [-0.2, 0) is 58.7 Å². The van der Waals surface area contributed by atoms with Crippen molar-refractivity contribution in [1.82, 2.24) is 44.7 Å². The molecule has 8 aromatic rings. The monoisotopic (exact) mass is 814 g/mol. The van der Waals surface area contributed by atoms with E-state index in [0.29, 0.717) is 32.7 Å². The molecule has 0 bridgehead atoms. The Morgan fingerprint density at radius 2 is 1.18 bits per heavy atom. The molecule has 0 saturated carbocycles. The van der Waals surface area contributed by atoms with Crippen LogP contribution in [0.25, 0.3) is 22.1 Å². The molecule has 10 rings (SSSR count). The molecule has 8 N–H and O–H groups in total. The number of H-pyrrole nitrogens is 2. The van der Waals surface area contributed by atoms with Crippen molar-refractivity contribution in [3.8, 4) is 0 Å². The van der Waals surface area contributed by atoms with Crippen molar-refractivity contribution < 1.29 is 4.42 Å². The zero-order valence-corrected chi connectivity index (χ0v) is 34.5. The summed E-state index contributed by atoms with van der Waals surface area (Å²) >= 11 is 0. The van der Waals surface area contributed by atoms with Gasteiger partial charge in [0.15, 0.2) is 6.39 Å². The van der Waals surface area contributed by atoms with Gasteiger partial charge in [-0.2, -0.15) is 0 Å². The lowest BCUT2D eigenvalue weighted by molar-refractivity contribution is 0.141. The smallest absolute Gasteiger partial charge is 0.181 e. The zero-order valence-electron chi connectivity index (χ0n) is 34.5. The normalized spacial score (nSPS) is 16.1. The van der Waals surface area contributed by atoms with Gasteiger partial charge in [-0.1, -0.05) is 54.6 Å². The summed E-state index contributed by atoms with van der Waals surface area (Å²) in [4.78, 5) is 35.3. The number of para-hydroxylation sites is 4. The summed E-state index contributed by atoms with van der Waals surface area (Å²) in [6, 6.07) is 31.6. The van der Waals surface area contributed by atoms with Crippen LogP contribution in [0.1, 0.15) is 100 Å². The number of aromatic amines is 2. The molecule has 13 heteroatoms. The highest BCUT2D eigenvalue weighted by Gasteiger charge is 2.30. The lowest BCUT2D eigenvalue weighted by Gasteiger charge is -2.35. The Hall–Kier alpha value is -6.09. The maximum Gasteiger partial charge on any atom is 0.181 e. The topological polar surface area (TPSA) is 194 Å². The van der Waals surface area contributed by atoms with Gasteiger partial charge in [-0.15, -0.1) is 0 Å². The number of fused-ring (bicyclic) bond motifs is 4. The largest absolute Gasteiger partial charge is 0.447 e. The molecule has 3 aromatic carbocycles. The standard InChI is InChI=1S/C26H30N6.C22H24N6O/c27-14-18-10-11-20(21(13-18)15-28)16-32(17-25-30-22-7-1-2-8-23(22)31-25)24-9-3-5-19-6-4-12-29-26(19)24;23-11-18-20(29-14-25-18)12-28(13-21-26-16-7-1-2-8-17(16)27-21)19-9-3-5-15-6-4-10-24-22(15)19/h1-2,4,6-8,10-13,24H,3,5,9,14-17,27-28H2,(H,30,31);1-2,4,6-8,10,14,19H,3,5,9,11-13,23H2,(H,26,27). The highest BCUT2D eigenvalue weighted by Crippen LogP contribution is 2.37. The van der Waals surface area contributed by atoms with E-state index in [1.54, 1.807) is 0 Å². The highest BCUT2D eigenvalue weighted by molar-refractivity contribution is 5.75. The SMILES string of the molecule is NCc1ccc(CN(Cc2nc3ccccc3[nH]2)C2CCCc3cccnc32)c(CN)c1.NCc1ncoc1CN(Cc1nc2ccccc2[nH]1)C1CCCc2cccnc21. The molecule has 0 spiro atoms. The van der Waals surface area contributed by atoms with E-state index < -0.39 is 0 Å². The van der Waals surface area contributed by atoms with Gasteiger partial charge < -0.3 is 31.6 Å². The molecule has 2 aliphatic rings. The Labute approximate surface area is 355 Å². The van der Waals surface area contributed by atoms with Crippen LogP contribution < -0.4 is 17.2 Å². The number of pyridine rings is 2. The van der Waals surface area contributed by atoms with Gasteiger partial charge in [-0.25, -0.2) is 15.0 Å². The predicted molar refractivity (Wildman–Crippen MR) is 237 cm³/mol. The number of aromatic nitrogens is 7. The van der Waals surface area contributed by atoms with Crippen LogP contribution in [0.15, 0.2) is 114 Å². The third kappa shape index (κ3) is 9.02. The number of benzene rings is 3. The van der Waals surface area contributed by atoms with Crippen molar-refractivity contribution >= 4 is 22.1 Å². The molecule has 2 aliphatic carbocycles. The first-order valence-electron chi connectivity index (χ1n) is 21.4. The van der Waals surface area contributed by atoms with Crippen molar-refractivity contribution in [2.24, 2.45) is 17.2 Å². The third-order valence-electron chi connectivity index (χ3n) is 12.2. The third-order valence-corrected chi connectivity index (χ3v) is 12.2. The molecule has 5 aromatic heterocycles. The first kappa shape index (κ1) is 40.3. The Morgan fingerprint density at radius 1 is 0.590 bits per heavy atom. The lowest BCUT2D eigenvalue weighted by atomic mass is 9.90. The summed E-state index contributed by atoms with van der Waals surface area (Å²) in [6.07, 6.45) is 11.9. The maximum absolute atomic E-state index is 6.12. The van der Waals surface area contributed by atoms with Crippen LogP contribution in [0, 0.1) is 0 Å². The number of hydrogen-bond acceptors (Lipinski definition) is 11. The minimum atomic E-state index is 0.198. The number of nitrogens with zero attached hydrogens (tertiary/aromatic N) is 7. The van der Waals surface area contributed by atoms with Crippen molar-refractivity contribution in [3.63, 3.8) is 0 Å². The number of aryl methyl sites for hydroxylation is 2. The highest BCUT2D eigenvalue weighted by atomic mass is 16.3. The Balaban J connectivity index is 0.000000157. The summed E-state index contributed by atoms with van der Waals surface area (Å²) in [7, 11) is 0. The molecule has 2 atom stereocenters. The number of imidazole rings is 2. The second kappa shape index (κ2) is 18.7. The number of rotatable bonds is 13. The fourth-order valence-electron chi connectivity index (χ4n) is 9.12. The van der Waals surface area contributed by atoms with E-state index in [4.69, 9.17) is 41.6 Å². The van der Waals surface area contributed by atoms with Crippen LogP contribution in [0.3, 0.4) is 0 Å². The summed E-state index contributed by atoms with van der Waals surface area (Å²) in [5.74, 6) is 2.72. The fourth-order valence-corrected chi connectivity index (χ4v) is 9.12. The van der Waals surface area contributed by atoms with Gasteiger partial charge in [-0.3, -0.25) is 19.8 Å². The number of nitrogens with two attached hydrogens (primary N) is 3. The molecular formula is C48H54N12O. The van der Waals surface area contributed by atoms with Crippen LogP contribution in [0.4, 0.5) is 0 Å². The summed E-state index contributed by atoms with van der Waals surface area (Å²) in [5.41, 5.74) is 31.3. The Bertz CT molecular complexity index is 2630. The van der Waals surface area contributed by atoms with Gasteiger partial charge in [0.25, 0.3) is 0 Å². The van der Waals surface area contributed by atoms with Gasteiger partial charge in [0, 0.05) is 38.6 Å². The van der Waals surface area contributed by atoms with E-state index in [9.17, 15) is 0 Å². The number of nitrogens with one attached hydrogen (secondary N) is 2. The molecule has 0 fully saturated rings. The number of oxazole rings is 1. The minimum absolute atomic E-state index is 0.198. The van der Waals surface area contributed by atoms with Crippen molar-refractivity contribution in [2.45, 2.75) is 96.4 Å². The molecule has 13 nitrogen and oxygen atoms in total. The maximum atomic E-state index is 6.12. The molecule has 2 unspecified atom stereocenters. The van der Waals surface area contributed by atoms with Crippen LogP contribution >= 0.6 is 0 Å². The predicted octanol–water partition coefficient (Wildman–Crippen LogP) is 7.44. The molecular weight excluding hydrogens is 761 g/mol. The van der Waals surface area contributed by atoms with E-state index in [0.717, 1.165) is 114 Å². The van der Waals surface area contributed by atoms with E-state index in [2.05, 4.69) is 73.3 Å². The van der Waals surface area contributed by atoms with Crippen LogP contribution in [0.5, 0.6) is 0 Å². The van der Waals surface area contributed by atoms with E-state index in [1.165, 1.54) is 28.8 Å². The van der Waals surface area contributed by atoms with Crippen molar-refractivity contribution in [1.29, 1.82) is 0 Å². The second-order valence-corrected chi connectivity index (χ2v) is 16.1. The van der Waals surface area contributed by atoms with Crippen molar-refractivity contribution in [3.05, 3.63) is 172 Å².